The van der Waals surface area contributed by atoms with E-state index in [-0.39, 0.29) is 12.5 Å². The highest BCUT2D eigenvalue weighted by Gasteiger charge is 2.36. The molecule has 0 unspecified atom stereocenters. The number of carbonyl (C=O) groups excluding carboxylic acids is 3. The molecule has 0 spiro atoms. The normalized spacial score (nSPS) is 13.8. The third-order valence-corrected chi connectivity index (χ3v) is 3.06. The zero-order chi connectivity index (χ0) is 14.7. The zero-order valence-corrected chi connectivity index (χ0v) is 11.5. The molecule has 0 saturated carbocycles. The number of benzene rings is 1. The Morgan fingerprint density at radius 3 is 2.20 bits per heavy atom. The van der Waals surface area contributed by atoms with Crippen LogP contribution >= 0.6 is 0 Å². The second kappa shape index (κ2) is 5.83. The smallest absolute Gasteiger partial charge is 0.262 e. The summed E-state index contributed by atoms with van der Waals surface area (Å²) < 4.78 is 0. The quantitative estimate of drug-likeness (QED) is 0.766. The van der Waals surface area contributed by atoms with Gasteiger partial charge in [0.2, 0.25) is 5.91 Å². The average Bonchev–Trinajstić information content (AvgIpc) is 2.64. The summed E-state index contributed by atoms with van der Waals surface area (Å²) in [4.78, 5) is 38.7. The predicted octanol–water partition coefficient (Wildman–Crippen LogP) is -0.0396. The van der Waals surface area contributed by atoms with Crippen LogP contribution in [0, 0.1) is 0 Å². The van der Waals surface area contributed by atoms with E-state index in [1.807, 2.05) is 19.0 Å². The van der Waals surface area contributed by atoms with Crippen molar-refractivity contribution in [2.24, 2.45) is 0 Å². The molecule has 1 heterocycles. The van der Waals surface area contributed by atoms with Crippen molar-refractivity contribution < 1.29 is 14.4 Å². The van der Waals surface area contributed by atoms with Gasteiger partial charge < -0.3 is 10.2 Å². The number of rotatable bonds is 5. The summed E-state index contributed by atoms with van der Waals surface area (Å²) in [6.45, 7) is 0.947. The molecule has 1 N–H and O–H groups in total. The maximum atomic E-state index is 12.0. The van der Waals surface area contributed by atoms with Crippen molar-refractivity contribution in [2.45, 2.75) is 0 Å². The average molecular weight is 275 g/mol. The van der Waals surface area contributed by atoms with Crippen molar-refractivity contribution >= 4 is 17.7 Å². The highest BCUT2D eigenvalue weighted by Crippen LogP contribution is 2.21. The van der Waals surface area contributed by atoms with Crippen LogP contribution < -0.4 is 5.32 Å². The number of hydrogen-bond donors (Lipinski definition) is 1. The van der Waals surface area contributed by atoms with Gasteiger partial charge in [0.1, 0.15) is 6.54 Å². The Labute approximate surface area is 117 Å². The Morgan fingerprint density at radius 1 is 1.15 bits per heavy atom. The Bertz CT molecular complexity index is 519. The highest BCUT2D eigenvalue weighted by atomic mass is 16.2. The van der Waals surface area contributed by atoms with Crippen LogP contribution in [0.5, 0.6) is 0 Å². The number of fused-ring (bicyclic) bond motifs is 1. The van der Waals surface area contributed by atoms with Gasteiger partial charge in [-0.15, -0.1) is 0 Å². The van der Waals surface area contributed by atoms with Gasteiger partial charge in [0.15, 0.2) is 0 Å². The van der Waals surface area contributed by atoms with Gasteiger partial charge in [0, 0.05) is 13.1 Å². The molecule has 0 fully saturated rings. The summed E-state index contributed by atoms with van der Waals surface area (Å²) in [6, 6.07) is 6.59. The Hall–Kier alpha value is -2.21. The van der Waals surface area contributed by atoms with Crippen LogP contribution in [0.4, 0.5) is 0 Å². The molecule has 20 heavy (non-hydrogen) atoms. The summed E-state index contributed by atoms with van der Waals surface area (Å²) >= 11 is 0. The molecule has 1 aromatic carbocycles. The molecule has 6 heteroatoms. The lowest BCUT2D eigenvalue weighted by Crippen LogP contribution is -2.42. The molecule has 0 radical (unpaired) electrons. The summed E-state index contributed by atoms with van der Waals surface area (Å²) in [5.41, 5.74) is 0.720. The molecule has 3 amide bonds. The molecule has 2 rings (SSSR count). The lowest BCUT2D eigenvalue weighted by Gasteiger charge is -2.14. The molecule has 0 saturated heterocycles. The molecule has 0 aromatic heterocycles. The van der Waals surface area contributed by atoms with E-state index in [0.717, 1.165) is 4.90 Å². The van der Waals surface area contributed by atoms with Crippen LogP contribution in [0.25, 0.3) is 0 Å². The molecule has 1 aromatic rings. The second-order valence-corrected chi connectivity index (χ2v) is 4.90. The van der Waals surface area contributed by atoms with Crippen molar-refractivity contribution in [3.05, 3.63) is 35.4 Å². The van der Waals surface area contributed by atoms with Gasteiger partial charge >= 0.3 is 0 Å². The lowest BCUT2D eigenvalue weighted by molar-refractivity contribution is -0.121. The third-order valence-electron chi connectivity index (χ3n) is 3.06. The van der Waals surface area contributed by atoms with E-state index >= 15 is 0 Å². The van der Waals surface area contributed by atoms with E-state index in [2.05, 4.69) is 5.32 Å². The minimum Gasteiger partial charge on any atom is -0.353 e. The van der Waals surface area contributed by atoms with Gasteiger partial charge in [-0.25, -0.2) is 0 Å². The van der Waals surface area contributed by atoms with Crippen LogP contribution in [0.3, 0.4) is 0 Å². The first-order valence-electron chi connectivity index (χ1n) is 6.37. The van der Waals surface area contributed by atoms with Crippen LogP contribution in [-0.4, -0.2) is 61.3 Å². The molecule has 0 bridgehead atoms. The number of nitrogens with one attached hydrogen (secondary N) is 1. The van der Waals surface area contributed by atoms with Crippen molar-refractivity contribution in [3.8, 4) is 0 Å². The number of amides is 3. The van der Waals surface area contributed by atoms with E-state index in [9.17, 15) is 14.4 Å². The van der Waals surface area contributed by atoms with Crippen molar-refractivity contribution in [3.63, 3.8) is 0 Å². The monoisotopic (exact) mass is 275 g/mol. The fourth-order valence-electron chi connectivity index (χ4n) is 2.00. The largest absolute Gasteiger partial charge is 0.353 e. The Balaban J connectivity index is 1.97. The first-order chi connectivity index (χ1) is 9.50. The van der Waals surface area contributed by atoms with Crippen molar-refractivity contribution in [1.29, 1.82) is 0 Å². The molecular weight excluding hydrogens is 258 g/mol. The predicted molar refractivity (Wildman–Crippen MR) is 73.4 cm³/mol. The fourth-order valence-corrected chi connectivity index (χ4v) is 2.00. The SMILES string of the molecule is CN(C)CCNC(=O)CN1C(=O)c2ccccc2C1=O. The zero-order valence-electron chi connectivity index (χ0n) is 11.5. The molecule has 1 aliphatic heterocycles. The summed E-state index contributed by atoms with van der Waals surface area (Å²) in [5, 5.41) is 2.68. The maximum absolute atomic E-state index is 12.0. The summed E-state index contributed by atoms with van der Waals surface area (Å²) in [5.74, 6) is -1.15. The van der Waals surface area contributed by atoms with Crippen LogP contribution in [0.15, 0.2) is 24.3 Å². The summed E-state index contributed by atoms with van der Waals surface area (Å²) in [6.07, 6.45) is 0. The Kier molecular flexibility index (Phi) is 4.14. The van der Waals surface area contributed by atoms with Gasteiger partial charge in [0.05, 0.1) is 11.1 Å². The van der Waals surface area contributed by atoms with E-state index in [4.69, 9.17) is 0 Å². The van der Waals surface area contributed by atoms with Crippen molar-refractivity contribution in [1.82, 2.24) is 15.1 Å². The topological polar surface area (TPSA) is 69.7 Å². The lowest BCUT2D eigenvalue weighted by atomic mass is 10.1. The first kappa shape index (κ1) is 14.2. The van der Waals surface area contributed by atoms with Crippen LogP contribution in [0.2, 0.25) is 0 Å². The second-order valence-electron chi connectivity index (χ2n) is 4.90. The molecule has 1 aliphatic rings. The minimum atomic E-state index is -0.409. The molecular formula is C14H17N3O3. The van der Waals surface area contributed by atoms with Gasteiger partial charge in [0.25, 0.3) is 11.8 Å². The van der Waals surface area contributed by atoms with Gasteiger partial charge in [-0.3, -0.25) is 19.3 Å². The standard InChI is InChI=1S/C14H17N3O3/c1-16(2)8-7-15-12(18)9-17-13(19)10-5-3-4-6-11(10)14(17)20/h3-6H,7-9H2,1-2H3,(H,15,18). The van der Waals surface area contributed by atoms with Crippen LogP contribution in [0.1, 0.15) is 20.7 Å². The molecule has 106 valence electrons. The van der Waals surface area contributed by atoms with Gasteiger partial charge in [-0.2, -0.15) is 0 Å². The first-order valence-corrected chi connectivity index (χ1v) is 6.37. The van der Waals surface area contributed by atoms with Gasteiger partial charge in [-0.05, 0) is 26.2 Å². The number of nitrogens with zero attached hydrogens (tertiary/aromatic N) is 2. The summed E-state index contributed by atoms with van der Waals surface area (Å²) in [7, 11) is 3.80. The number of likely N-dealkylation sites (N-methyl/N-ethyl adjacent to an activating group) is 1. The van der Waals surface area contributed by atoms with Gasteiger partial charge in [-0.1, -0.05) is 12.1 Å². The molecule has 6 nitrogen and oxygen atoms in total. The number of hydrogen-bond acceptors (Lipinski definition) is 4. The molecule has 0 atom stereocenters. The highest BCUT2D eigenvalue weighted by molar-refractivity contribution is 6.22. The Morgan fingerprint density at radius 2 is 1.70 bits per heavy atom. The third kappa shape index (κ3) is 2.85. The van der Waals surface area contributed by atoms with E-state index in [0.29, 0.717) is 24.2 Å². The number of imide groups is 1. The number of carbonyl (C=O) groups is 3. The van der Waals surface area contributed by atoms with Crippen molar-refractivity contribution in [2.75, 3.05) is 33.7 Å². The van der Waals surface area contributed by atoms with E-state index in [1.165, 1.54) is 0 Å². The maximum Gasteiger partial charge on any atom is 0.262 e. The van der Waals surface area contributed by atoms with E-state index in [1.54, 1.807) is 24.3 Å². The molecule has 0 aliphatic carbocycles. The minimum absolute atomic E-state index is 0.236. The van der Waals surface area contributed by atoms with E-state index < -0.39 is 11.8 Å². The van der Waals surface area contributed by atoms with Crippen LogP contribution in [-0.2, 0) is 4.79 Å². The fraction of sp³-hybridized carbons (Fsp3) is 0.357.